The van der Waals surface area contributed by atoms with E-state index in [1.807, 2.05) is 35.2 Å². The predicted molar refractivity (Wildman–Crippen MR) is 121 cm³/mol. The summed E-state index contributed by atoms with van der Waals surface area (Å²) in [5.74, 6) is -0.601. The Morgan fingerprint density at radius 3 is 2.57 bits per heavy atom. The number of carbonyl (C=O) groups is 1. The van der Waals surface area contributed by atoms with Gasteiger partial charge in [-0.05, 0) is 43.9 Å². The molecule has 2 aromatic carbocycles. The Kier molecular flexibility index (Phi) is 8.11. The van der Waals surface area contributed by atoms with Crippen LogP contribution in [0.25, 0.3) is 0 Å². The number of hydrogen-bond donors (Lipinski definition) is 1. The van der Waals surface area contributed by atoms with Gasteiger partial charge in [0.2, 0.25) is 0 Å². The molecule has 0 bridgehead atoms. The second kappa shape index (κ2) is 10.8. The van der Waals surface area contributed by atoms with Crippen molar-refractivity contribution in [3.63, 3.8) is 0 Å². The van der Waals surface area contributed by atoms with E-state index in [0.29, 0.717) is 12.6 Å². The van der Waals surface area contributed by atoms with Gasteiger partial charge in [-0.25, -0.2) is 9.18 Å². The molecule has 0 aliphatic carbocycles. The van der Waals surface area contributed by atoms with E-state index in [9.17, 15) is 9.18 Å². The lowest BCUT2D eigenvalue weighted by Crippen LogP contribution is -2.50. The lowest BCUT2D eigenvalue weighted by molar-refractivity contribution is 0.0989. The minimum atomic E-state index is -0.601. The number of likely N-dealkylation sites (tertiary alicyclic amines) is 1. The van der Waals surface area contributed by atoms with Crippen LogP contribution < -0.4 is 5.32 Å². The van der Waals surface area contributed by atoms with Crippen LogP contribution in [0.3, 0.4) is 0 Å². The average molecular weight is 432 g/mol. The van der Waals surface area contributed by atoms with Crippen LogP contribution in [0, 0.1) is 5.82 Å². The second-order valence-corrected chi connectivity index (χ2v) is 8.46. The molecule has 6 heteroatoms. The molecule has 0 aromatic heterocycles. The summed E-state index contributed by atoms with van der Waals surface area (Å²) in [6.45, 7) is 6.92. The molecule has 30 heavy (non-hydrogen) atoms. The van der Waals surface area contributed by atoms with Crippen molar-refractivity contribution in [1.29, 1.82) is 0 Å². The quantitative estimate of drug-likeness (QED) is 0.569. The molecule has 1 N–H and O–H groups in total. The highest BCUT2D eigenvalue weighted by atomic mass is 35.5. The van der Waals surface area contributed by atoms with Gasteiger partial charge < -0.3 is 15.1 Å². The zero-order chi connectivity index (χ0) is 21.5. The molecule has 2 amide bonds. The molecule has 0 spiro atoms. The maximum absolute atomic E-state index is 14.3. The highest BCUT2D eigenvalue weighted by Gasteiger charge is 2.30. The molecule has 1 atom stereocenters. The van der Waals surface area contributed by atoms with Gasteiger partial charge in [0.1, 0.15) is 0 Å². The fourth-order valence-corrected chi connectivity index (χ4v) is 4.35. The first-order valence-corrected chi connectivity index (χ1v) is 11.2. The van der Waals surface area contributed by atoms with Crippen molar-refractivity contribution in [3.05, 3.63) is 64.9 Å². The third-order valence-corrected chi connectivity index (χ3v) is 6.21. The number of nitrogens with one attached hydrogen (secondary N) is 1. The number of benzene rings is 2. The van der Waals surface area contributed by atoms with Gasteiger partial charge in [0, 0.05) is 31.7 Å². The zero-order valence-electron chi connectivity index (χ0n) is 17.8. The topological polar surface area (TPSA) is 35.6 Å². The van der Waals surface area contributed by atoms with Gasteiger partial charge in [-0.2, -0.15) is 0 Å². The second-order valence-electron chi connectivity index (χ2n) is 8.05. The van der Waals surface area contributed by atoms with Crippen LogP contribution in [0.15, 0.2) is 48.5 Å². The summed E-state index contributed by atoms with van der Waals surface area (Å²) in [6.07, 6.45) is 4.18. The molecule has 4 nitrogen and oxygen atoms in total. The van der Waals surface area contributed by atoms with Gasteiger partial charge in [0.15, 0.2) is 5.82 Å². The summed E-state index contributed by atoms with van der Waals surface area (Å²) >= 11 is 5.88. The number of urea groups is 1. The van der Waals surface area contributed by atoms with Crippen LogP contribution >= 0.6 is 11.6 Å². The van der Waals surface area contributed by atoms with Gasteiger partial charge in [0.25, 0.3) is 0 Å². The van der Waals surface area contributed by atoms with Crippen LogP contribution in [0.4, 0.5) is 14.9 Å². The predicted octanol–water partition coefficient (Wildman–Crippen LogP) is 6.17. The monoisotopic (exact) mass is 431 g/mol. The Morgan fingerprint density at radius 1 is 1.20 bits per heavy atom. The Hall–Kier alpha value is -2.11. The number of nitrogens with zero attached hydrogens (tertiary/aromatic N) is 2. The van der Waals surface area contributed by atoms with E-state index in [-0.39, 0.29) is 22.8 Å². The Labute approximate surface area is 184 Å². The average Bonchev–Trinajstić information content (AvgIpc) is 2.76. The van der Waals surface area contributed by atoms with Crippen LogP contribution in [0.1, 0.15) is 45.1 Å². The van der Waals surface area contributed by atoms with E-state index in [0.717, 1.165) is 31.5 Å². The van der Waals surface area contributed by atoms with Gasteiger partial charge in [-0.15, -0.1) is 0 Å². The van der Waals surface area contributed by atoms with Gasteiger partial charge in [-0.1, -0.05) is 61.3 Å². The number of hydrogen-bond acceptors (Lipinski definition) is 2. The first kappa shape index (κ1) is 22.6. The smallest absolute Gasteiger partial charge is 0.317 e. The van der Waals surface area contributed by atoms with Crippen molar-refractivity contribution >= 4 is 23.3 Å². The molecule has 1 aliphatic heterocycles. The first-order valence-electron chi connectivity index (χ1n) is 10.8. The van der Waals surface area contributed by atoms with E-state index >= 15 is 0 Å². The van der Waals surface area contributed by atoms with E-state index in [1.165, 1.54) is 25.0 Å². The number of halogens is 2. The fourth-order valence-electron chi connectivity index (χ4n) is 4.17. The normalized spacial score (nSPS) is 16.3. The van der Waals surface area contributed by atoms with Crippen molar-refractivity contribution in [2.45, 2.75) is 58.2 Å². The molecule has 0 radical (unpaired) electrons. The summed E-state index contributed by atoms with van der Waals surface area (Å²) in [7, 11) is 0. The molecule has 162 valence electrons. The summed E-state index contributed by atoms with van der Waals surface area (Å²) in [5.41, 5.74) is 1.17. The van der Waals surface area contributed by atoms with Crippen LogP contribution in [-0.2, 0) is 6.54 Å². The minimum absolute atomic E-state index is 0.000583. The van der Waals surface area contributed by atoms with Gasteiger partial charge in [-0.3, -0.25) is 0 Å². The Bertz CT molecular complexity index is 824. The summed E-state index contributed by atoms with van der Waals surface area (Å²) in [5, 5.41) is 2.74. The lowest BCUT2D eigenvalue weighted by Gasteiger charge is -2.40. The van der Waals surface area contributed by atoms with E-state index < -0.39 is 5.82 Å². The molecular formula is C24H31ClFN3O. The Balaban J connectivity index is 1.74. The molecule has 1 unspecified atom stereocenters. The summed E-state index contributed by atoms with van der Waals surface area (Å²) in [6, 6.07) is 15.0. The first-order chi connectivity index (χ1) is 14.5. The summed E-state index contributed by atoms with van der Waals surface area (Å²) in [4.78, 5) is 17.5. The third kappa shape index (κ3) is 5.73. The largest absolute Gasteiger partial charge is 0.322 e. The van der Waals surface area contributed by atoms with Crippen molar-refractivity contribution in [2.75, 3.05) is 18.4 Å². The number of amides is 2. The number of piperidine rings is 1. The Morgan fingerprint density at radius 2 is 1.90 bits per heavy atom. The van der Waals surface area contributed by atoms with E-state index in [2.05, 4.69) is 24.1 Å². The summed E-state index contributed by atoms with van der Waals surface area (Å²) < 4.78 is 14.3. The number of carbonyl (C=O) groups excluding carboxylic acids is 1. The maximum Gasteiger partial charge on any atom is 0.322 e. The number of rotatable bonds is 7. The fraction of sp³-hybridized carbons (Fsp3) is 0.458. The lowest BCUT2D eigenvalue weighted by atomic mass is 10.00. The molecule has 1 aliphatic rings. The van der Waals surface area contributed by atoms with Crippen molar-refractivity contribution in [3.8, 4) is 0 Å². The van der Waals surface area contributed by atoms with Crippen molar-refractivity contribution in [1.82, 2.24) is 9.80 Å². The highest BCUT2D eigenvalue weighted by Crippen LogP contribution is 2.25. The van der Waals surface area contributed by atoms with Crippen molar-refractivity contribution < 1.29 is 9.18 Å². The standard InChI is InChI=1S/C24H31ClFN3O/c1-3-8-18(2)28-15-13-20(14-16-28)29(17-19-9-5-4-6-10-19)24(30)27-22-12-7-11-21(25)23(22)26/h4-7,9-12,18,20H,3,8,13-17H2,1-2H3,(H,27,30). The molecule has 1 saturated heterocycles. The van der Waals surface area contributed by atoms with E-state index in [4.69, 9.17) is 11.6 Å². The molecular weight excluding hydrogens is 401 g/mol. The highest BCUT2D eigenvalue weighted by molar-refractivity contribution is 6.31. The zero-order valence-corrected chi connectivity index (χ0v) is 18.5. The van der Waals surface area contributed by atoms with Crippen LogP contribution in [-0.4, -0.2) is 41.0 Å². The third-order valence-electron chi connectivity index (χ3n) is 5.92. The van der Waals surface area contributed by atoms with Crippen LogP contribution in [0.2, 0.25) is 5.02 Å². The molecule has 3 rings (SSSR count). The SMILES string of the molecule is CCCC(C)N1CCC(N(Cc2ccccc2)C(=O)Nc2cccc(Cl)c2F)CC1. The minimum Gasteiger partial charge on any atom is -0.317 e. The molecule has 1 heterocycles. The van der Waals surface area contributed by atoms with E-state index in [1.54, 1.807) is 6.07 Å². The van der Waals surface area contributed by atoms with Gasteiger partial charge >= 0.3 is 6.03 Å². The van der Waals surface area contributed by atoms with Crippen molar-refractivity contribution in [2.24, 2.45) is 0 Å². The van der Waals surface area contributed by atoms with Gasteiger partial charge in [0.05, 0.1) is 10.7 Å². The molecule has 2 aromatic rings. The molecule has 1 fully saturated rings. The maximum atomic E-state index is 14.3. The molecule has 0 saturated carbocycles. The van der Waals surface area contributed by atoms with Crippen LogP contribution in [0.5, 0.6) is 0 Å². The number of anilines is 1.